The Bertz CT molecular complexity index is 1060. The van der Waals surface area contributed by atoms with Gasteiger partial charge in [0.05, 0.1) is 14.2 Å². The topological polar surface area (TPSA) is 81.9 Å². The van der Waals surface area contributed by atoms with E-state index < -0.39 is 0 Å². The number of fused-ring (bicyclic) bond motifs is 1. The van der Waals surface area contributed by atoms with Crippen LogP contribution in [-0.4, -0.2) is 67.9 Å². The summed E-state index contributed by atoms with van der Waals surface area (Å²) in [5, 5.41) is 6.01. The Labute approximate surface area is 188 Å². The summed E-state index contributed by atoms with van der Waals surface area (Å²) in [5.41, 5.74) is 7.27. The first-order valence-electron chi connectivity index (χ1n) is 10.9. The second-order valence-electron chi connectivity index (χ2n) is 7.99. The number of carbonyl (C=O) groups excluding carboxylic acids is 1. The van der Waals surface area contributed by atoms with E-state index in [4.69, 9.17) is 9.47 Å². The van der Waals surface area contributed by atoms with Gasteiger partial charge in [-0.05, 0) is 37.1 Å². The van der Waals surface area contributed by atoms with Crippen LogP contribution in [0, 0.1) is 6.92 Å². The lowest BCUT2D eigenvalue weighted by atomic mass is 10.1. The van der Waals surface area contributed by atoms with Gasteiger partial charge in [-0.25, -0.2) is 9.80 Å². The van der Waals surface area contributed by atoms with Gasteiger partial charge in [0.2, 0.25) is 0 Å². The van der Waals surface area contributed by atoms with Crippen molar-refractivity contribution in [2.24, 2.45) is 0 Å². The number of H-pyrrole nitrogens is 1. The number of piperazine rings is 1. The normalized spacial score (nSPS) is 15.0. The Morgan fingerprint density at radius 3 is 2.41 bits per heavy atom. The van der Waals surface area contributed by atoms with E-state index in [1.54, 1.807) is 14.2 Å². The number of hydrazine groups is 1. The number of methoxy groups -OCH3 is 2. The molecule has 8 nitrogen and oxygen atoms in total. The number of carbonyl (C=O) groups is 1. The van der Waals surface area contributed by atoms with E-state index in [1.165, 1.54) is 16.6 Å². The van der Waals surface area contributed by atoms with Gasteiger partial charge in [-0.2, -0.15) is 0 Å². The maximum Gasteiger partial charge on any atom is 0.333 e. The molecule has 1 aliphatic heterocycles. The predicted molar refractivity (Wildman–Crippen MR) is 126 cm³/mol. The number of urea groups is 1. The van der Waals surface area contributed by atoms with E-state index in [-0.39, 0.29) is 6.03 Å². The van der Waals surface area contributed by atoms with E-state index in [9.17, 15) is 4.79 Å². The molecule has 0 radical (unpaired) electrons. The molecule has 0 atom stereocenters. The van der Waals surface area contributed by atoms with E-state index in [0.717, 1.165) is 61.8 Å². The Hall–Kier alpha value is -3.23. The van der Waals surface area contributed by atoms with Crippen molar-refractivity contribution < 1.29 is 14.3 Å². The first kappa shape index (κ1) is 22.0. The molecular weight excluding hydrogens is 406 g/mol. The fourth-order valence-corrected chi connectivity index (χ4v) is 4.21. The lowest BCUT2D eigenvalue weighted by molar-refractivity contribution is 0.102. The monoisotopic (exact) mass is 437 g/mol. The van der Waals surface area contributed by atoms with Gasteiger partial charge in [0.25, 0.3) is 0 Å². The summed E-state index contributed by atoms with van der Waals surface area (Å²) >= 11 is 0. The van der Waals surface area contributed by atoms with Crippen LogP contribution in [0.3, 0.4) is 0 Å². The van der Waals surface area contributed by atoms with Crippen LogP contribution in [0.5, 0.6) is 11.5 Å². The molecule has 0 spiro atoms. The minimum absolute atomic E-state index is 0.205. The molecule has 2 heterocycles. The molecule has 2 amide bonds. The number of para-hydroxylation sites is 1. The number of anilines is 1. The molecule has 4 rings (SSSR count). The SMILES string of the molecule is COc1cc2[nH]c(C)c(CCN3CCN(NC(=O)Nc4ccccc4)CC3)c2cc1OC. The molecule has 1 aliphatic rings. The molecule has 32 heavy (non-hydrogen) atoms. The fourth-order valence-electron chi connectivity index (χ4n) is 4.21. The van der Waals surface area contributed by atoms with E-state index >= 15 is 0 Å². The second-order valence-corrected chi connectivity index (χ2v) is 7.99. The largest absolute Gasteiger partial charge is 0.493 e. The number of nitrogens with one attached hydrogen (secondary N) is 3. The van der Waals surface area contributed by atoms with Crippen LogP contribution >= 0.6 is 0 Å². The Morgan fingerprint density at radius 2 is 1.72 bits per heavy atom. The van der Waals surface area contributed by atoms with Crippen molar-refractivity contribution in [1.82, 2.24) is 20.3 Å². The first-order chi connectivity index (χ1) is 15.6. The van der Waals surface area contributed by atoms with Crippen molar-refractivity contribution in [3.63, 3.8) is 0 Å². The second kappa shape index (κ2) is 9.93. The molecule has 1 fully saturated rings. The summed E-state index contributed by atoms with van der Waals surface area (Å²) in [7, 11) is 3.32. The average molecular weight is 438 g/mol. The molecule has 1 saturated heterocycles. The van der Waals surface area contributed by atoms with Gasteiger partial charge in [-0.3, -0.25) is 5.43 Å². The molecule has 3 N–H and O–H groups in total. The van der Waals surface area contributed by atoms with Crippen LogP contribution in [0.15, 0.2) is 42.5 Å². The third-order valence-corrected chi connectivity index (χ3v) is 5.97. The number of hydrogen-bond donors (Lipinski definition) is 3. The molecule has 0 unspecified atom stereocenters. The molecular formula is C24H31N5O3. The summed E-state index contributed by atoms with van der Waals surface area (Å²) in [6.45, 7) is 6.47. The van der Waals surface area contributed by atoms with Crippen LogP contribution < -0.4 is 20.2 Å². The zero-order valence-corrected chi connectivity index (χ0v) is 18.9. The average Bonchev–Trinajstić information content (AvgIpc) is 3.12. The van der Waals surface area contributed by atoms with Gasteiger partial charge in [-0.1, -0.05) is 18.2 Å². The number of aryl methyl sites for hydroxylation is 1. The Morgan fingerprint density at radius 1 is 1.03 bits per heavy atom. The van der Waals surface area contributed by atoms with Gasteiger partial charge in [0.1, 0.15) is 0 Å². The number of amides is 2. The molecule has 0 saturated carbocycles. The van der Waals surface area contributed by atoms with E-state index in [2.05, 4.69) is 33.6 Å². The molecule has 0 bridgehead atoms. The first-order valence-corrected chi connectivity index (χ1v) is 10.9. The highest BCUT2D eigenvalue weighted by atomic mass is 16.5. The molecule has 1 aromatic heterocycles. The molecule has 2 aromatic carbocycles. The Kier molecular flexibility index (Phi) is 6.82. The number of nitrogens with zero attached hydrogens (tertiary/aromatic N) is 2. The lowest BCUT2D eigenvalue weighted by Crippen LogP contribution is -2.54. The lowest BCUT2D eigenvalue weighted by Gasteiger charge is -2.34. The van der Waals surface area contributed by atoms with Gasteiger partial charge < -0.3 is 24.7 Å². The number of aromatic nitrogens is 1. The van der Waals surface area contributed by atoms with E-state index in [0.29, 0.717) is 0 Å². The maximum absolute atomic E-state index is 12.2. The van der Waals surface area contributed by atoms with Crippen LogP contribution in [0.4, 0.5) is 10.5 Å². The third-order valence-electron chi connectivity index (χ3n) is 5.97. The quantitative estimate of drug-likeness (QED) is 0.528. The highest BCUT2D eigenvalue weighted by Gasteiger charge is 2.20. The van der Waals surface area contributed by atoms with Crippen molar-refractivity contribution in [2.75, 3.05) is 52.3 Å². The predicted octanol–water partition coefficient (Wildman–Crippen LogP) is 3.39. The van der Waals surface area contributed by atoms with Crippen molar-refractivity contribution in [3.05, 3.63) is 53.7 Å². The summed E-state index contributed by atoms with van der Waals surface area (Å²) < 4.78 is 10.9. The van der Waals surface area contributed by atoms with Crippen LogP contribution in [-0.2, 0) is 6.42 Å². The number of benzene rings is 2. The maximum atomic E-state index is 12.2. The van der Waals surface area contributed by atoms with Gasteiger partial charge in [-0.15, -0.1) is 0 Å². The molecule has 3 aromatic rings. The summed E-state index contributed by atoms with van der Waals surface area (Å²) in [6.07, 6.45) is 0.948. The zero-order valence-electron chi connectivity index (χ0n) is 18.9. The molecule has 8 heteroatoms. The summed E-state index contributed by atoms with van der Waals surface area (Å²) in [5.74, 6) is 1.47. The zero-order chi connectivity index (χ0) is 22.5. The number of rotatable bonds is 7. The fraction of sp³-hybridized carbons (Fsp3) is 0.375. The summed E-state index contributed by atoms with van der Waals surface area (Å²) in [6, 6.07) is 13.3. The van der Waals surface area contributed by atoms with Crippen molar-refractivity contribution in [2.45, 2.75) is 13.3 Å². The van der Waals surface area contributed by atoms with Gasteiger partial charge in [0.15, 0.2) is 11.5 Å². The highest BCUT2D eigenvalue weighted by molar-refractivity contribution is 5.89. The summed E-state index contributed by atoms with van der Waals surface area (Å²) in [4.78, 5) is 18.1. The highest BCUT2D eigenvalue weighted by Crippen LogP contribution is 2.34. The van der Waals surface area contributed by atoms with Crippen LogP contribution in [0.1, 0.15) is 11.3 Å². The van der Waals surface area contributed by atoms with Gasteiger partial charge >= 0.3 is 6.03 Å². The van der Waals surface area contributed by atoms with Crippen LogP contribution in [0.25, 0.3) is 10.9 Å². The van der Waals surface area contributed by atoms with Crippen molar-refractivity contribution in [3.8, 4) is 11.5 Å². The van der Waals surface area contributed by atoms with Crippen LogP contribution in [0.2, 0.25) is 0 Å². The number of ether oxygens (including phenoxy) is 2. The number of hydrogen-bond acceptors (Lipinski definition) is 5. The number of aromatic amines is 1. The standard InChI is InChI=1S/C24H31N5O3/c1-17-19(20-15-22(31-2)23(32-3)16-21(20)25-17)9-10-28-11-13-29(14-12-28)27-24(30)26-18-7-5-4-6-8-18/h4-8,15-16,25H,9-14H2,1-3H3,(H2,26,27,30). The third kappa shape index (κ3) is 4.98. The molecule has 170 valence electrons. The minimum Gasteiger partial charge on any atom is -0.493 e. The van der Waals surface area contributed by atoms with Crippen molar-refractivity contribution >= 4 is 22.6 Å². The minimum atomic E-state index is -0.205. The Balaban J connectivity index is 1.30. The molecule has 0 aliphatic carbocycles. The van der Waals surface area contributed by atoms with Gasteiger partial charge in [0, 0.05) is 61.1 Å². The van der Waals surface area contributed by atoms with Crippen molar-refractivity contribution in [1.29, 1.82) is 0 Å². The van der Waals surface area contributed by atoms with E-state index in [1.807, 2.05) is 41.4 Å². The smallest absolute Gasteiger partial charge is 0.333 e.